The van der Waals surface area contributed by atoms with Gasteiger partial charge in [-0.1, -0.05) is 6.08 Å². The molecule has 0 amide bonds. The molecule has 2 aromatic heterocycles. The summed E-state index contributed by atoms with van der Waals surface area (Å²) in [4.78, 5) is 28.1. The Labute approximate surface area is 176 Å². The predicted molar refractivity (Wildman–Crippen MR) is 109 cm³/mol. The summed E-state index contributed by atoms with van der Waals surface area (Å²) in [7, 11) is 2.88. The van der Waals surface area contributed by atoms with Gasteiger partial charge >= 0.3 is 5.97 Å². The molecule has 8 nitrogen and oxygen atoms in total. The third kappa shape index (κ3) is 4.47. The number of carbonyl (C=O) groups is 1. The van der Waals surface area contributed by atoms with Crippen molar-refractivity contribution in [3.63, 3.8) is 0 Å². The van der Waals surface area contributed by atoms with Crippen LogP contribution < -0.4 is 10.3 Å². The van der Waals surface area contributed by atoms with Crippen molar-refractivity contribution in [1.29, 1.82) is 0 Å². The lowest BCUT2D eigenvalue weighted by atomic mass is 9.94. The maximum absolute atomic E-state index is 13.5. The first-order valence-electron chi connectivity index (χ1n) is 9.13. The van der Waals surface area contributed by atoms with Gasteiger partial charge < -0.3 is 19.1 Å². The molecule has 2 heterocycles. The van der Waals surface area contributed by atoms with Crippen LogP contribution in [0.15, 0.2) is 41.7 Å². The zero-order valence-corrected chi connectivity index (χ0v) is 17.2. The van der Waals surface area contributed by atoms with Gasteiger partial charge in [0.1, 0.15) is 18.1 Å². The first-order chi connectivity index (χ1) is 14.3. The number of hydrogen-bond acceptors (Lipinski definition) is 5. The van der Waals surface area contributed by atoms with Gasteiger partial charge in [0.25, 0.3) is 5.56 Å². The molecule has 0 radical (unpaired) electrons. The summed E-state index contributed by atoms with van der Waals surface area (Å²) in [5, 5.41) is 9.21. The van der Waals surface area contributed by atoms with E-state index in [0.29, 0.717) is 29.0 Å². The molecule has 160 valence electrons. The van der Waals surface area contributed by atoms with E-state index in [1.165, 1.54) is 43.6 Å². The van der Waals surface area contributed by atoms with E-state index in [-0.39, 0.29) is 18.4 Å². The molecule has 30 heavy (non-hydrogen) atoms. The second kappa shape index (κ2) is 9.27. The van der Waals surface area contributed by atoms with E-state index < -0.39 is 23.5 Å². The molecule has 3 rings (SSSR count). The van der Waals surface area contributed by atoms with Crippen LogP contribution >= 0.6 is 11.6 Å². The largest absolute Gasteiger partial charge is 0.495 e. The van der Waals surface area contributed by atoms with Gasteiger partial charge in [0, 0.05) is 31.8 Å². The highest BCUT2D eigenvalue weighted by Crippen LogP contribution is 2.37. The third-order valence-corrected chi connectivity index (χ3v) is 5.11. The zero-order chi connectivity index (χ0) is 21.8. The number of methoxy groups -OCH3 is 2. The van der Waals surface area contributed by atoms with E-state index in [0.717, 1.165) is 4.57 Å². The number of carboxylic acid groups (broad SMARTS) is 1. The van der Waals surface area contributed by atoms with E-state index in [1.807, 2.05) is 0 Å². The molecule has 0 aromatic carbocycles. The fourth-order valence-corrected chi connectivity index (χ4v) is 3.59. The van der Waals surface area contributed by atoms with Crippen molar-refractivity contribution in [1.82, 2.24) is 14.1 Å². The van der Waals surface area contributed by atoms with Crippen molar-refractivity contribution >= 4 is 28.8 Å². The quantitative estimate of drug-likeness (QED) is 0.638. The molecule has 2 aromatic rings. The van der Waals surface area contributed by atoms with E-state index in [9.17, 15) is 19.1 Å². The molecule has 0 saturated carbocycles. The lowest BCUT2D eigenvalue weighted by Crippen LogP contribution is -2.30. The molecule has 0 spiro atoms. The normalized spacial score (nSPS) is 17.3. The summed E-state index contributed by atoms with van der Waals surface area (Å²) in [6, 6.07) is 0.205. The minimum Gasteiger partial charge on any atom is -0.495 e. The number of rotatable bonds is 8. The standard InChI is InChI=1S/C20H21ClFN3O5/c1-29-6-5-16(20(27)28)25-9-17(30-2)14(8-19(25)26)13-7-12(21)3-4-15(13)24-10-18(22)23-11-24/h3-4,8-12,16H,5-7H2,1-2H3,(H,27,28). The summed E-state index contributed by atoms with van der Waals surface area (Å²) in [5.74, 6) is -1.50. The number of carboxylic acids is 1. The van der Waals surface area contributed by atoms with Crippen LogP contribution in [0.1, 0.15) is 24.4 Å². The molecule has 0 saturated heterocycles. The fourth-order valence-electron chi connectivity index (χ4n) is 3.37. The Morgan fingerprint density at radius 1 is 1.43 bits per heavy atom. The van der Waals surface area contributed by atoms with Crippen LogP contribution in [-0.2, 0) is 9.53 Å². The topological polar surface area (TPSA) is 95.6 Å². The first kappa shape index (κ1) is 21.8. The number of halogens is 2. The monoisotopic (exact) mass is 437 g/mol. The molecule has 1 N–H and O–H groups in total. The van der Waals surface area contributed by atoms with Gasteiger partial charge in [-0.3, -0.25) is 9.36 Å². The number of pyridine rings is 1. The minimum atomic E-state index is -1.15. The van der Waals surface area contributed by atoms with Crippen molar-refractivity contribution in [2.24, 2.45) is 0 Å². The Bertz CT molecular complexity index is 1060. The predicted octanol–water partition coefficient (Wildman–Crippen LogP) is 2.79. The number of allylic oxidation sites excluding steroid dienone is 4. The Morgan fingerprint density at radius 3 is 2.80 bits per heavy atom. The van der Waals surface area contributed by atoms with Gasteiger partial charge in [0.15, 0.2) is 0 Å². The lowest BCUT2D eigenvalue weighted by molar-refractivity contribution is -0.141. The molecule has 0 aliphatic heterocycles. The summed E-state index contributed by atoms with van der Waals surface area (Å²) < 4.78 is 26.5. The number of aromatic nitrogens is 3. The summed E-state index contributed by atoms with van der Waals surface area (Å²) in [6.45, 7) is 0.174. The molecule has 1 aliphatic rings. The van der Waals surface area contributed by atoms with Gasteiger partial charge in [-0.25, -0.2) is 9.78 Å². The number of nitrogens with zero attached hydrogens (tertiary/aromatic N) is 3. The molecule has 2 unspecified atom stereocenters. The van der Waals surface area contributed by atoms with Gasteiger partial charge in [-0.05, 0) is 18.1 Å². The highest BCUT2D eigenvalue weighted by Gasteiger charge is 2.25. The van der Waals surface area contributed by atoms with E-state index >= 15 is 0 Å². The number of aliphatic carboxylic acids is 1. The first-order valence-corrected chi connectivity index (χ1v) is 9.57. The molecule has 2 atom stereocenters. The van der Waals surface area contributed by atoms with Crippen LogP contribution in [0.2, 0.25) is 0 Å². The van der Waals surface area contributed by atoms with Crippen LogP contribution in [0.5, 0.6) is 5.75 Å². The summed E-state index contributed by atoms with van der Waals surface area (Å²) >= 11 is 6.30. The molecule has 1 aliphatic carbocycles. The number of alkyl halides is 1. The van der Waals surface area contributed by atoms with Crippen molar-refractivity contribution < 1.29 is 23.8 Å². The Kier molecular flexibility index (Phi) is 6.73. The van der Waals surface area contributed by atoms with Gasteiger partial charge in [-0.2, -0.15) is 4.39 Å². The number of hydrogen-bond donors (Lipinski definition) is 1. The van der Waals surface area contributed by atoms with E-state index in [1.54, 1.807) is 12.2 Å². The Hall–Kier alpha value is -2.91. The van der Waals surface area contributed by atoms with Crippen LogP contribution in [0.25, 0.3) is 11.3 Å². The second-order valence-electron chi connectivity index (χ2n) is 6.68. The Morgan fingerprint density at radius 2 is 2.20 bits per heavy atom. The van der Waals surface area contributed by atoms with Crippen LogP contribution in [-0.4, -0.2) is 51.4 Å². The van der Waals surface area contributed by atoms with Crippen molar-refractivity contribution in [2.75, 3.05) is 20.8 Å². The molecule has 0 bridgehead atoms. The third-order valence-electron chi connectivity index (χ3n) is 4.81. The average Bonchev–Trinajstić information content (AvgIpc) is 3.14. The zero-order valence-electron chi connectivity index (χ0n) is 16.4. The average molecular weight is 438 g/mol. The van der Waals surface area contributed by atoms with Gasteiger partial charge in [0.2, 0.25) is 5.95 Å². The molecule has 10 heteroatoms. The SMILES string of the molecule is COCCC(C(=O)O)n1cc(OC)c(C2=C(n3cnc(F)c3)C=CC(Cl)C2)cc1=O. The van der Waals surface area contributed by atoms with E-state index in [2.05, 4.69) is 4.98 Å². The highest BCUT2D eigenvalue weighted by molar-refractivity contribution is 6.23. The van der Waals surface area contributed by atoms with Crippen LogP contribution in [0.3, 0.4) is 0 Å². The van der Waals surface area contributed by atoms with Crippen molar-refractivity contribution in [3.05, 3.63) is 58.8 Å². The molecular formula is C20H21ClFN3O5. The second-order valence-corrected chi connectivity index (χ2v) is 7.24. The Balaban J connectivity index is 2.16. The minimum absolute atomic E-state index is 0.114. The van der Waals surface area contributed by atoms with E-state index in [4.69, 9.17) is 21.1 Å². The van der Waals surface area contributed by atoms with Gasteiger partial charge in [0.05, 0.1) is 30.6 Å². The fraction of sp³-hybridized carbons (Fsp3) is 0.350. The number of ether oxygens (including phenoxy) is 2. The highest BCUT2D eigenvalue weighted by atomic mass is 35.5. The van der Waals surface area contributed by atoms with Crippen molar-refractivity contribution in [3.8, 4) is 5.75 Å². The van der Waals surface area contributed by atoms with Crippen molar-refractivity contribution in [2.45, 2.75) is 24.3 Å². The smallest absolute Gasteiger partial charge is 0.326 e. The van der Waals surface area contributed by atoms with Crippen LogP contribution in [0, 0.1) is 5.95 Å². The maximum atomic E-state index is 13.5. The molecular weight excluding hydrogens is 417 g/mol. The molecule has 0 fully saturated rings. The lowest BCUT2D eigenvalue weighted by Gasteiger charge is -2.23. The number of imidazole rings is 1. The van der Waals surface area contributed by atoms with Crippen LogP contribution in [0.4, 0.5) is 4.39 Å². The summed E-state index contributed by atoms with van der Waals surface area (Å²) in [6.07, 6.45) is 7.86. The van der Waals surface area contributed by atoms with Gasteiger partial charge in [-0.15, -0.1) is 11.6 Å². The maximum Gasteiger partial charge on any atom is 0.326 e. The summed E-state index contributed by atoms with van der Waals surface area (Å²) in [5.41, 5.74) is 1.18.